The average molecular weight is 445 g/mol. The predicted octanol–water partition coefficient (Wildman–Crippen LogP) is 1.49. The highest BCUT2D eigenvalue weighted by Crippen LogP contribution is 2.16. The molecule has 32 heavy (non-hydrogen) atoms. The molecule has 4 rings (SSSR count). The molecule has 9 nitrogen and oxygen atoms in total. The molecular formula is C23H32N4O5. The van der Waals surface area contributed by atoms with Crippen LogP contribution in [-0.2, 0) is 22.6 Å². The first-order valence-electron chi connectivity index (χ1n) is 11.2. The Morgan fingerprint density at radius 3 is 2.41 bits per heavy atom. The number of morpholine rings is 2. The monoisotopic (exact) mass is 444 g/mol. The molecule has 0 spiro atoms. The van der Waals surface area contributed by atoms with Gasteiger partial charge in [0.1, 0.15) is 12.0 Å². The van der Waals surface area contributed by atoms with Gasteiger partial charge in [0.15, 0.2) is 5.69 Å². The molecule has 2 fully saturated rings. The Kier molecular flexibility index (Phi) is 8.11. The smallest absolute Gasteiger partial charge is 0.275 e. The van der Waals surface area contributed by atoms with Gasteiger partial charge in [-0.25, -0.2) is 4.98 Å². The summed E-state index contributed by atoms with van der Waals surface area (Å²) >= 11 is 0. The van der Waals surface area contributed by atoms with E-state index >= 15 is 0 Å². The summed E-state index contributed by atoms with van der Waals surface area (Å²) in [5.41, 5.74) is 1.54. The largest absolute Gasteiger partial charge is 0.497 e. The zero-order valence-corrected chi connectivity index (χ0v) is 18.7. The Hall–Kier alpha value is -2.46. The van der Waals surface area contributed by atoms with Crippen molar-refractivity contribution in [3.05, 3.63) is 47.7 Å². The minimum atomic E-state index is -0.0988. The van der Waals surface area contributed by atoms with E-state index in [1.807, 2.05) is 12.1 Å². The highest BCUT2D eigenvalue weighted by molar-refractivity contribution is 5.92. The molecule has 174 valence electrons. The predicted molar refractivity (Wildman–Crippen MR) is 118 cm³/mol. The van der Waals surface area contributed by atoms with E-state index in [0.29, 0.717) is 44.4 Å². The SMILES string of the molecule is COc1ccc(CN(CCN2CCOCC2)Cc2nc(C(=O)N3CCOCC3)co2)cc1. The Morgan fingerprint density at radius 1 is 1.03 bits per heavy atom. The summed E-state index contributed by atoms with van der Waals surface area (Å²) in [5.74, 6) is 1.29. The van der Waals surface area contributed by atoms with Gasteiger partial charge in [-0.05, 0) is 17.7 Å². The van der Waals surface area contributed by atoms with E-state index in [4.69, 9.17) is 18.6 Å². The fourth-order valence-electron chi connectivity index (χ4n) is 3.91. The van der Waals surface area contributed by atoms with Gasteiger partial charge < -0.3 is 23.5 Å². The molecule has 0 radical (unpaired) electrons. The van der Waals surface area contributed by atoms with Crippen LogP contribution < -0.4 is 4.74 Å². The molecule has 1 aromatic carbocycles. The molecule has 0 saturated carbocycles. The van der Waals surface area contributed by atoms with E-state index in [9.17, 15) is 4.79 Å². The van der Waals surface area contributed by atoms with Crippen LogP contribution in [0.3, 0.4) is 0 Å². The highest BCUT2D eigenvalue weighted by Gasteiger charge is 2.22. The van der Waals surface area contributed by atoms with Gasteiger partial charge in [0.25, 0.3) is 5.91 Å². The van der Waals surface area contributed by atoms with Crippen LogP contribution in [0.1, 0.15) is 21.9 Å². The number of carbonyl (C=O) groups excluding carboxylic acids is 1. The first-order chi connectivity index (χ1) is 15.7. The lowest BCUT2D eigenvalue weighted by atomic mass is 10.2. The Bertz CT molecular complexity index is 844. The van der Waals surface area contributed by atoms with Gasteiger partial charge in [-0.15, -0.1) is 0 Å². The number of ether oxygens (including phenoxy) is 3. The molecule has 0 N–H and O–H groups in total. The third-order valence-corrected chi connectivity index (χ3v) is 5.83. The standard InChI is InChI=1S/C23H32N4O5/c1-29-20-4-2-19(3-5-20)16-26(7-6-25-8-12-30-13-9-25)17-22-24-21(18-32-22)23(28)27-10-14-31-15-11-27/h2-5,18H,6-17H2,1H3. The Morgan fingerprint density at radius 2 is 1.72 bits per heavy atom. The molecule has 2 aliphatic rings. The molecule has 2 aliphatic heterocycles. The second-order valence-corrected chi connectivity index (χ2v) is 8.04. The number of rotatable bonds is 9. The molecule has 0 bridgehead atoms. The fourth-order valence-corrected chi connectivity index (χ4v) is 3.91. The Balaban J connectivity index is 1.40. The fraction of sp³-hybridized carbons (Fsp3) is 0.565. The number of carbonyl (C=O) groups is 1. The van der Waals surface area contributed by atoms with Crippen LogP contribution in [0.2, 0.25) is 0 Å². The second kappa shape index (κ2) is 11.4. The average Bonchev–Trinajstić information content (AvgIpc) is 3.32. The van der Waals surface area contributed by atoms with Crippen molar-refractivity contribution in [1.82, 2.24) is 19.7 Å². The van der Waals surface area contributed by atoms with Crippen LogP contribution in [0.4, 0.5) is 0 Å². The maximum Gasteiger partial charge on any atom is 0.275 e. The van der Waals surface area contributed by atoms with Crippen molar-refractivity contribution < 1.29 is 23.4 Å². The van der Waals surface area contributed by atoms with Gasteiger partial charge in [0.2, 0.25) is 5.89 Å². The van der Waals surface area contributed by atoms with Gasteiger partial charge in [-0.1, -0.05) is 12.1 Å². The van der Waals surface area contributed by atoms with Gasteiger partial charge in [-0.2, -0.15) is 0 Å². The summed E-state index contributed by atoms with van der Waals surface area (Å²) in [5, 5.41) is 0. The minimum absolute atomic E-state index is 0.0988. The first-order valence-corrected chi connectivity index (χ1v) is 11.2. The molecule has 0 aliphatic carbocycles. The first kappa shape index (κ1) is 22.7. The summed E-state index contributed by atoms with van der Waals surface area (Å²) in [6, 6.07) is 8.09. The zero-order chi connectivity index (χ0) is 22.2. The second-order valence-electron chi connectivity index (χ2n) is 8.04. The molecular weight excluding hydrogens is 412 g/mol. The maximum atomic E-state index is 12.7. The van der Waals surface area contributed by atoms with E-state index in [1.54, 1.807) is 12.0 Å². The molecule has 0 atom stereocenters. The van der Waals surface area contributed by atoms with Crippen LogP contribution in [0, 0.1) is 0 Å². The molecule has 0 unspecified atom stereocenters. The number of oxazole rings is 1. The lowest BCUT2D eigenvalue weighted by Crippen LogP contribution is -2.41. The highest BCUT2D eigenvalue weighted by atomic mass is 16.5. The van der Waals surface area contributed by atoms with Gasteiger partial charge in [0, 0.05) is 45.8 Å². The minimum Gasteiger partial charge on any atom is -0.497 e. The third kappa shape index (κ3) is 6.29. The van der Waals surface area contributed by atoms with Crippen molar-refractivity contribution in [1.29, 1.82) is 0 Å². The third-order valence-electron chi connectivity index (χ3n) is 5.83. The van der Waals surface area contributed by atoms with Gasteiger partial charge in [-0.3, -0.25) is 14.6 Å². The molecule has 2 saturated heterocycles. The van der Waals surface area contributed by atoms with Crippen LogP contribution in [0.15, 0.2) is 34.9 Å². The van der Waals surface area contributed by atoms with Crippen molar-refractivity contribution in [3.63, 3.8) is 0 Å². The van der Waals surface area contributed by atoms with E-state index in [1.165, 1.54) is 11.8 Å². The van der Waals surface area contributed by atoms with Crippen LogP contribution in [-0.4, -0.2) is 98.4 Å². The van der Waals surface area contributed by atoms with E-state index in [0.717, 1.165) is 51.7 Å². The summed E-state index contributed by atoms with van der Waals surface area (Å²) in [6.45, 7) is 8.87. The maximum absolute atomic E-state index is 12.7. The van der Waals surface area contributed by atoms with E-state index < -0.39 is 0 Å². The molecule has 1 aromatic heterocycles. The summed E-state index contributed by atoms with van der Waals surface area (Å²) in [6.07, 6.45) is 1.47. The molecule has 3 heterocycles. The number of nitrogens with zero attached hydrogens (tertiary/aromatic N) is 4. The van der Waals surface area contributed by atoms with Gasteiger partial charge in [0.05, 0.1) is 40.1 Å². The van der Waals surface area contributed by atoms with Crippen molar-refractivity contribution in [2.24, 2.45) is 0 Å². The number of hydrogen-bond acceptors (Lipinski definition) is 8. The number of methoxy groups -OCH3 is 1. The molecule has 9 heteroatoms. The number of amides is 1. The van der Waals surface area contributed by atoms with Crippen LogP contribution >= 0.6 is 0 Å². The lowest BCUT2D eigenvalue weighted by Gasteiger charge is -2.29. The quantitative estimate of drug-likeness (QED) is 0.576. The van der Waals surface area contributed by atoms with Crippen molar-refractivity contribution >= 4 is 5.91 Å². The van der Waals surface area contributed by atoms with E-state index in [-0.39, 0.29) is 5.91 Å². The summed E-state index contributed by atoms with van der Waals surface area (Å²) in [4.78, 5) is 23.7. The van der Waals surface area contributed by atoms with Crippen molar-refractivity contribution in [2.75, 3.05) is 72.8 Å². The van der Waals surface area contributed by atoms with Crippen molar-refractivity contribution in [2.45, 2.75) is 13.1 Å². The van der Waals surface area contributed by atoms with Gasteiger partial charge >= 0.3 is 0 Å². The van der Waals surface area contributed by atoms with Crippen LogP contribution in [0.5, 0.6) is 5.75 Å². The van der Waals surface area contributed by atoms with E-state index in [2.05, 4.69) is 26.9 Å². The summed E-state index contributed by atoms with van der Waals surface area (Å²) in [7, 11) is 1.67. The zero-order valence-electron chi connectivity index (χ0n) is 18.7. The lowest BCUT2D eigenvalue weighted by molar-refractivity contribution is 0.0299. The van der Waals surface area contributed by atoms with Crippen molar-refractivity contribution in [3.8, 4) is 5.75 Å². The molecule has 2 aromatic rings. The van der Waals surface area contributed by atoms with Crippen LogP contribution in [0.25, 0.3) is 0 Å². The Labute approximate surface area is 188 Å². The summed E-state index contributed by atoms with van der Waals surface area (Å²) < 4.78 is 21.7. The number of hydrogen-bond donors (Lipinski definition) is 0. The molecule has 1 amide bonds. The number of benzene rings is 1. The topological polar surface area (TPSA) is 80.5 Å². The number of aromatic nitrogens is 1. The normalized spacial score (nSPS) is 17.6.